The third-order valence-electron chi connectivity index (χ3n) is 5.05. The Labute approximate surface area is 132 Å². The van der Waals surface area contributed by atoms with Crippen LogP contribution in [-0.2, 0) is 11.2 Å². The van der Waals surface area contributed by atoms with Gasteiger partial charge in [-0.15, -0.1) is 11.3 Å². The van der Waals surface area contributed by atoms with Gasteiger partial charge in [-0.2, -0.15) is 0 Å². The Balaban J connectivity index is 1.47. The van der Waals surface area contributed by atoms with Crippen LogP contribution in [0, 0.1) is 0 Å². The molecule has 2 heterocycles. The molecule has 2 atom stereocenters. The fourth-order valence-electron chi connectivity index (χ4n) is 3.68. The molecule has 3 rings (SSSR count). The molecule has 118 valence electrons. The maximum absolute atomic E-state index is 6.42. The molecule has 1 saturated carbocycles. The summed E-state index contributed by atoms with van der Waals surface area (Å²) in [7, 11) is 0. The summed E-state index contributed by atoms with van der Waals surface area (Å²) in [5, 5.41) is 4.83. The summed E-state index contributed by atoms with van der Waals surface area (Å²) in [5.74, 6) is 0. The van der Waals surface area contributed by atoms with Gasteiger partial charge in [-0.05, 0) is 39.0 Å². The maximum atomic E-state index is 6.42. The van der Waals surface area contributed by atoms with Crippen molar-refractivity contribution in [2.45, 2.75) is 83.0 Å². The van der Waals surface area contributed by atoms with Crippen molar-refractivity contribution >= 4 is 11.3 Å². The predicted molar refractivity (Wildman–Crippen MR) is 87.8 cm³/mol. The number of hydrogen-bond acceptors (Lipinski definition) is 4. The van der Waals surface area contributed by atoms with Crippen LogP contribution in [0.25, 0.3) is 0 Å². The molecule has 1 aromatic rings. The van der Waals surface area contributed by atoms with Crippen molar-refractivity contribution in [2.75, 3.05) is 6.54 Å². The number of rotatable bonds is 5. The second-order valence-corrected chi connectivity index (χ2v) is 7.82. The Morgan fingerprint density at radius 2 is 2.19 bits per heavy atom. The highest BCUT2D eigenvalue weighted by atomic mass is 32.1. The van der Waals surface area contributed by atoms with Gasteiger partial charge in [-0.3, -0.25) is 0 Å². The standard InChI is InChI=1S/C17H28N2OS/c1-3-15-12-19-16(21-15)13(2)18-11-14-7-10-17(20-14)8-5-4-6-9-17/h12-14,18H,3-11H2,1-2H3. The minimum atomic E-state index is 0.240. The van der Waals surface area contributed by atoms with Crippen LogP contribution < -0.4 is 5.32 Å². The lowest BCUT2D eigenvalue weighted by molar-refractivity contribution is -0.0628. The average Bonchev–Trinajstić information content (AvgIpc) is 3.13. The average molecular weight is 308 g/mol. The van der Waals surface area contributed by atoms with Crippen molar-refractivity contribution in [3.05, 3.63) is 16.1 Å². The van der Waals surface area contributed by atoms with Gasteiger partial charge in [0.25, 0.3) is 0 Å². The van der Waals surface area contributed by atoms with E-state index in [1.54, 1.807) is 0 Å². The summed E-state index contributed by atoms with van der Waals surface area (Å²) in [6.07, 6.45) is 12.7. The molecule has 1 spiro atoms. The Bertz CT molecular complexity index is 453. The normalized spacial score (nSPS) is 26.3. The summed E-state index contributed by atoms with van der Waals surface area (Å²) in [6, 6.07) is 0.335. The molecule has 2 fully saturated rings. The number of nitrogens with zero attached hydrogens (tertiary/aromatic N) is 1. The Morgan fingerprint density at radius 1 is 1.38 bits per heavy atom. The highest BCUT2D eigenvalue weighted by Crippen LogP contribution is 2.41. The Hall–Kier alpha value is -0.450. The number of ether oxygens (including phenoxy) is 1. The van der Waals surface area contributed by atoms with Crippen LogP contribution in [0.4, 0.5) is 0 Å². The van der Waals surface area contributed by atoms with Crippen LogP contribution >= 0.6 is 11.3 Å². The molecule has 1 N–H and O–H groups in total. The van der Waals surface area contributed by atoms with Gasteiger partial charge in [0, 0.05) is 17.6 Å². The molecule has 0 radical (unpaired) electrons. The van der Waals surface area contributed by atoms with Crippen LogP contribution in [0.3, 0.4) is 0 Å². The zero-order chi connectivity index (χ0) is 14.7. The van der Waals surface area contributed by atoms with Crippen molar-refractivity contribution < 1.29 is 4.74 Å². The lowest BCUT2D eigenvalue weighted by Crippen LogP contribution is -2.35. The number of thiazole rings is 1. The van der Waals surface area contributed by atoms with E-state index in [0.29, 0.717) is 12.1 Å². The number of hydrogen-bond donors (Lipinski definition) is 1. The molecular formula is C17H28N2OS. The highest BCUT2D eigenvalue weighted by Gasteiger charge is 2.40. The van der Waals surface area contributed by atoms with Crippen LogP contribution in [-0.4, -0.2) is 23.2 Å². The van der Waals surface area contributed by atoms with Crippen LogP contribution in [0.15, 0.2) is 6.20 Å². The third kappa shape index (κ3) is 3.66. The molecule has 2 unspecified atom stereocenters. The zero-order valence-electron chi connectivity index (χ0n) is 13.4. The molecule has 0 bridgehead atoms. The minimum absolute atomic E-state index is 0.240. The van der Waals surface area contributed by atoms with Crippen molar-refractivity contribution in [1.82, 2.24) is 10.3 Å². The van der Waals surface area contributed by atoms with E-state index in [1.165, 1.54) is 54.8 Å². The number of aryl methyl sites for hydroxylation is 1. The fourth-order valence-corrected chi connectivity index (χ4v) is 4.57. The molecule has 0 aromatic carbocycles. The first-order valence-corrected chi connectivity index (χ1v) is 9.38. The van der Waals surface area contributed by atoms with Crippen LogP contribution in [0.2, 0.25) is 0 Å². The quantitative estimate of drug-likeness (QED) is 0.883. The molecule has 21 heavy (non-hydrogen) atoms. The van der Waals surface area contributed by atoms with Gasteiger partial charge in [-0.1, -0.05) is 26.2 Å². The van der Waals surface area contributed by atoms with Gasteiger partial charge in [0.15, 0.2) is 0 Å². The molecule has 3 nitrogen and oxygen atoms in total. The molecule has 0 amide bonds. The third-order valence-corrected chi connectivity index (χ3v) is 6.37. The van der Waals surface area contributed by atoms with E-state index in [-0.39, 0.29) is 5.60 Å². The van der Waals surface area contributed by atoms with Crippen molar-refractivity contribution in [3.8, 4) is 0 Å². The summed E-state index contributed by atoms with van der Waals surface area (Å²) in [4.78, 5) is 5.90. The van der Waals surface area contributed by atoms with Gasteiger partial charge in [0.1, 0.15) is 5.01 Å². The first-order chi connectivity index (χ1) is 10.2. The van der Waals surface area contributed by atoms with Gasteiger partial charge >= 0.3 is 0 Å². The maximum Gasteiger partial charge on any atom is 0.109 e. The van der Waals surface area contributed by atoms with Crippen molar-refractivity contribution in [2.24, 2.45) is 0 Å². The van der Waals surface area contributed by atoms with Crippen LogP contribution in [0.5, 0.6) is 0 Å². The van der Waals surface area contributed by atoms with Gasteiger partial charge in [-0.25, -0.2) is 4.98 Å². The van der Waals surface area contributed by atoms with E-state index >= 15 is 0 Å². The SMILES string of the molecule is CCc1cnc(C(C)NCC2CCC3(CCCCC3)O2)s1. The molecule has 2 aliphatic rings. The number of aromatic nitrogens is 1. The lowest BCUT2D eigenvalue weighted by Gasteiger charge is -2.33. The summed E-state index contributed by atoms with van der Waals surface area (Å²) in [5.41, 5.74) is 0.240. The van der Waals surface area contributed by atoms with Crippen LogP contribution in [0.1, 0.15) is 74.7 Å². The van der Waals surface area contributed by atoms with Gasteiger partial charge < -0.3 is 10.1 Å². The fraction of sp³-hybridized carbons (Fsp3) is 0.824. The topological polar surface area (TPSA) is 34.2 Å². The molecule has 1 aromatic heterocycles. The summed E-state index contributed by atoms with van der Waals surface area (Å²) in [6.45, 7) is 5.36. The monoisotopic (exact) mass is 308 g/mol. The van der Waals surface area contributed by atoms with Crippen molar-refractivity contribution in [3.63, 3.8) is 0 Å². The summed E-state index contributed by atoms with van der Waals surface area (Å²) >= 11 is 1.83. The van der Waals surface area contributed by atoms with E-state index in [2.05, 4.69) is 24.1 Å². The first kappa shape index (κ1) is 15.4. The number of nitrogens with one attached hydrogen (secondary N) is 1. The Kier molecular flexibility index (Phi) is 4.97. The second kappa shape index (κ2) is 6.76. The van der Waals surface area contributed by atoms with E-state index in [0.717, 1.165) is 13.0 Å². The lowest BCUT2D eigenvalue weighted by atomic mass is 9.83. The molecular weight excluding hydrogens is 280 g/mol. The minimum Gasteiger partial charge on any atom is -0.370 e. The largest absolute Gasteiger partial charge is 0.370 e. The smallest absolute Gasteiger partial charge is 0.109 e. The first-order valence-electron chi connectivity index (χ1n) is 8.56. The van der Waals surface area contributed by atoms with E-state index < -0.39 is 0 Å². The molecule has 4 heteroatoms. The zero-order valence-corrected chi connectivity index (χ0v) is 14.2. The second-order valence-electron chi connectivity index (χ2n) is 6.67. The highest BCUT2D eigenvalue weighted by molar-refractivity contribution is 7.11. The molecule has 1 aliphatic carbocycles. The van der Waals surface area contributed by atoms with E-state index in [9.17, 15) is 0 Å². The van der Waals surface area contributed by atoms with Gasteiger partial charge in [0.05, 0.1) is 17.7 Å². The summed E-state index contributed by atoms with van der Waals surface area (Å²) < 4.78 is 6.42. The predicted octanol–water partition coefficient (Wildman–Crippen LogP) is 4.24. The van der Waals surface area contributed by atoms with E-state index in [4.69, 9.17) is 4.74 Å². The molecule has 1 saturated heterocycles. The van der Waals surface area contributed by atoms with E-state index in [1.807, 2.05) is 17.5 Å². The van der Waals surface area contributed by atoms with Gasteiger partial charge in [0.2, 0.25) is 0 Å². The Morgan fingerprint density at radius 3 is 2.90 bits per heavy atom. The van der Waals surface area contributed by atoms with Crippen molar-refractivity contribution in [1.29, 1.82) is 0 Å². The molecule has 1 aliphatic heterocycles.